The number of allylic oxidation sites excluding steroid dienone is 15. The number of amides is 1. The minimum atomic E-state index is -0.874. The number of unbranched alkanes of at least 4 members (excludes halogenated alkanes) is 15. The van der Waals surface area contributed by atoms with E-state index in [2.05, 4.69) is 104 Å². The van der Waals surface area contributed by atoms with E-state index < -0.39 is 12.1 Å². The van der Waals surface area contributed by atoms with Crippen LogP contribution in [0.1, 0.15) is 174 Å². The quantitative estimate of drug-likeness (QED) is 0.0449. The van der Waals surface area contributed by atoms with Gasteiger partial charge in [-0.2, -0.15) is 0 Å². The second-order valence-corrected chi connectivity index (χ2v) is 13.7. The summed E-state index contributed by atoms with van der Waals surface area (Å²) in [6.45, 7) is 4.15. The van der Waals surface area contributed by atoms with Crippen LogP contribution in [0.15, 0.2) is 97.2 Å². The van der Waals surface area contributed by atoms with Crippen LogP contribution in [0, 0.1) is 0 Å². The Hall–Kier alpha value is -2.69. The van der Waals surface area contributed by atoms with E-state index in [4.69, 9.17) is 0 Å². The molecule has 290 valence electrons. The summed E-state index contributed by atoms with van der Waals surface area (Å²) >= 11 is 0. The highest BCUT2D eigenvalue weighted by Crippen LogP contribution is 2.11. The van der Waals surface area contributed by atoms with Crippen molar-refractivity contribution in [2.45, 2.75) is 187 Å². The standard InChI is InChI=1S/C47H79NO3/c1-3-5-7-9-11-13-15-17-19-20-21-22-23-24-25-26-27-28-29-31-33-35-37-39-41-43-47(51)48-45(44-49)46(50)42-40-38-36-34-32-30-18-16-14-12-10-8-6-4-2/h5,7,11,13,17,19,21-22,24-25,27-28,32,34,40,42,45-46,49-50H,3-4,6,8-10,12,14-16,18,20,23,26,29-31,33,35-39,41,43-44H2,1-2H3,(H,48,51)/b7-5-,13-11-,19-17-,22-21-,25-24-,28-27-,34-32+,42-40+. The number of rotatable bonds is 36. The number of hydrogen-bond acceptors (Lipinski definition) is 3. The van der Waals surface area contributed by atoms with Crippen LogP contribution in [0.25, 0.3) is 0 Å². The third kappa shape index (κ3) is 38.4. The highest BCUT2D eigenvalue weighted by atomic mass is 16.3. The van der Waals surface area contributed by atoms with Gasteiger partial charge in [0.1, 0.15) is 0 Å². The SMILES string of the molecule is CC/C=C\C/C=C\C/C=C\C/C=C\C/C=C\C/C=C\CCCCCCCCC(=O)NC(CO)C(O)/C=C/CC/C=C/CCCCCCCCCC. The van der Waals surface area contributed by atoms with Gasteiger partial charge in [0.05, 0.1) is 18.8 Å². The molecule has 0 aromatic carbocycles. The molecule has 0 saturated heterocycles. The van der Waals surface area contributed by atoms with Gasteiger partial charge in [0, 0.05) is 6.42 Å². The average Bonchev–Trinajstić information content (AvgIpc) is 3.13. The highest BCUT2D eigenvalue weighted by molar-refractivity contribution is 5.76. The molecule has 0 saturated carbocycles. The second kappa shape index (κ2) is 41.7. The van der Waals surface area contributed by atoms with E-state index in [0.29, 0.717) is 6.42 Å². The first-order chi connectivity index (χ1) is 25.2. The predicted octanol–water partition coefficient (Wildman–Crippen LogP) is 13.1. The Morgan fingerprint density at radius 3 is 1.37 bits per heavy atom. The Morgan fingerprint density at radius 1 is 0.490 bits per heavy atom. The van der Waals surface area contributed by atoms with Crippen molar-refractivity contribution >= 4 is 5.91 Å². The molecular weight excluding hydrogens is 627 g/mol. The van der Waals surface area contributed by atoms with E-state index in [9.17, 15) is 15.0 Å². The summed E-state index contributed by atoms with van der Waals surface area (Å²) in [5.74, 6) is -0.0944. The summed E-state index contributed by atoms with van der Waals surface area (Å²) in [4.78, 5) is 12.4. The molecule has 0 bridgehead atoms. The van der Waals surface area contributed by atoms with Crippen LogP contribution < -0.4 is 5.32 Å². The van der Waals surface area contributed by atoms with Gasteiger partial charge < -0.3 is 15.5 Å². The second-order valence-electron chi connectivity index (χ2n) is 13.7. The van der Waals surface area contributed by atoms with Crippen molar-refractivity contribution in [3.63, 3.8) is 0 Å². The number of carbonyl (C=O) groups excluding carboxylic acids is 1. The number of nitrogens with one attached hydrogen (secondary N) is 1. The Balaban J connectivity index is 3.72. The Kier molecular flexibility index (Phi) is 39.5. The van der Waals surface area contributed by atoms with Gasteiger partial charge in [0.15, 0.2) is 0 Å². The molecule has 0 aliphatic rings. The van der Waals surface area contributed by atoms with Crippen molar-refractivity contribution in [2.24, 2.45) is 0 Å². The highest BCUT2D eigenvalue weighted by Gasteiger charge is 2.17. The van der Waals surface area contributed by atoms with Gasteiger partial charge >= 0.3 is 0 Å². The molecule has 1 amide bonds. The molecule has 0 aromatic rings. The van der Waals surface area contributed by atoms with Gasteiger partial charge in [-0.25, -0.2) is 0 Å². The lowest BCUT2D eigenvalue weighted by Gasteiger charge is -2.19. The number of aliphatic hydroxyl groups excluding tert-OH is 2. The topological polar surface area (TPSA) is 69.6 Å². The van der Waals surface area contributed by atoms with E-state index >= 15 is 0 Å². The van der Waals surface area contributed by atoms with E-state index in [1.165, 1.54) is 70.6 Å². The molecule has 0 rings (SSSR count). The maximum atomic E-state index is 12.4. The van der Waals surface area contributed by atoms with Crippen LogP contribution in [-0.4, -0.2) is 34.9 Å². The van der Waals surface area contributed by atoms with Crippen molar-refractivity contribution in [3.05, 3.63) is 97.2 Å². The summed E-state index contributed by atoms with van der Waals surface area (Å²) in [5, 5.41) is 22.9. The van der Waals surface area contributed by atoms with Crippen molar-refractivity contribution in [1.82, 2.24) is 5.32 Å². The van der Waals surface area contributed by atoms with Gasteiger partial charge in [-0.1, -0.05) is 182 Å². The number of carbonyl (C=O) groups is 1. The van der Waals surface area contributed by atoms with Crippen molar-refractivity contribution in [1.29, 1.82) is 0 Å². The fraction of sp³-hybridized carbons (Fsp3) is 0.638. The molecule has 4 heteroatoms. The van der Waals surface area contributed by atoms with Gasteiger partial charge in [-0.3, -0.25) is 4.79 Å². The fourth-order valence-corrected chi connectivity index (χ4v) is 5.61. The smallest absolute Gasteiger partial charge is 0.220 e. The normalized spacial score (nSPS) is 14.0. The van der Waals surface area contributed by atoms with Crippen LogP contribution >= 0.6 is 0 Å². The minimum Gasteiger partial charge on any atom is -0.394 e. The fourth-order valence-electron chi connectivity index (χ4n) is 5.61. The zero-order chi connectivity index (χ0) is 37.1. The van der Waals surface area contributed by atoms with E-state index in [1.807, 2.05) is 6.08 Å². The molecule has 0 radical (unpaired) electrons. The summed E-state index contributed by atoms with van der Waals surface area (Å²) in [6, 6.07) is -0.653. The summed E-state index contributed by atoms with van der Waals surface area (Å²) in [6.07, 6.45) is 62.1. The molecule has 0 heterocycles. The Bertz CT molecular complexity index is 983. The maximum absolute atomic E-state index is 12.4. The van der Waals surface area contributed by atoms with Crippen LogP contribution in [0.5, 0.6) is 0 Å². The zero-order valence-electron chi connectivity index (χ0n) is 33.1. The van der Waals surface area contributed by atoms with Crippen LogP contribution in [0.4, 0.5) is 0 Å². The molecule has 4 nitrogen and oxygen atoms in total. The first-order valence-corrected chi connectivity index (χ1v) is 21.0. The number of hydrogen-bond donors (Lipinski definition) is 3. The molecule has 51 heavy (non-hydrogen) atoms. The maximum Gasteiger partial charge on any atom is 0.220 e. The van der Waals surface area contributed by atoms with E-state index in [-0.39, 0.29) is 12.5 Å². The molecule has 0 fully saturated rings. The van der Waals surface area contributed by atoms with Crippen molar-refractivity contribution in [3.8, 4) is 0 Å². The lowest BCUT2D eigenvalue weighted by molar-refractivity contribution is -0.123. The van der Waals surface area contributed by atoms with Gasteiger partial charge in [-0.05, 0) is 83.5 Å². The predicted molar refractivity (Wildman–Crippen MR) is 225 cm³/mol. The monoisotopic (exact) mass is 706 g/mol. The Labute approximate surface area is 315 Å². The Morgan fingerprint density at radius 2 is 0.882 bits per heavy atom. The lowest BCUT2D eigenvalue weighted by atomic mass is 10.1. The third-order valence-corrected chi connectivity index (χ3v) is 8.80. The largest absolute Gasteiger partial charge is 0.394 e. The van der Waals surface area contributed by atoms with Crippen molar-refractivity contribution < 1.29 is 15.0 Å². The molecule has 0 aromatic heterocycles. The minimum absolute atomic E-state index is 0.0944. The number of aliphatic hydroxyl groups is 2. The molecule has 0 spiro atoms. The molecule has 3 N–H and O–H groups in total. The molecular formula is C47H79NO3. The summed E-state index contributed by atoms with van der Waals surface area (Å²) < 4.78 is 0. The van der Waals surface area contributed by atoms with Crippen molar-refractivity contribution in [2.75, 3.05) is 6.61 Å². The zero-order valence-corrected chi connectivity index (χ0v) is 33.1. The first kappa shape index (κ1) is 48.3. The summed E-state index contributed by atoms with van der Waals surface area (Å²) in [5.41, 5.74) is 0. The van der Waals surface area contributed by atoms with Crippen LogP contribution in [-0.2, 0) is 4.79 Å². The first-order valence-electron chi connectivity index (χ1n) is 21.0. The third-order valence-electron chi connectivity index (χ3n) is 8.80. The molecule has 2 unspecified atom stereocenters. The van der Waals surface area contributed by atoms with Gasteiger partial charge in [0.2, 0.25) is 5.91 Å². The van der Waals surface area contributed by atoms with Crippen LogP contribution in [0.3, 0.4) is 0 Å². The lowest BCUT2D eigenvalue weighted by Crippen LogP contribution is -2.45. The van der Waals surface area contributed by atoms with Crippen LogP contribution in [0.2, 0.25) is 0 Å². The molecule has 0 aliphatic heterocycles. The van der Waals surface area contributed by atoms with E-state index in [1.54, 1.807) is 6.08 Å². The summed E-state index contributed by atoms with van der Waals surface area (Å²) in [7, 11) is 0. The van der Waals surface area contributed by atoms with E-state index in [0.717, 1.165) is 83.5 Å². The molecule has 2 atom stereocenters. The average molecular weight is 706 g/mol. The van der Waals surface area contributed by atoms with Gasteiger partial charge in [-0.15, -0.1) is 0 Å². The molecule has 0 aliphatic carbocycles. The van der Waals surface area contributed by atoms with Gasteiger partial charge in [0.25, 0.3) is 0 Å².